The fourth-order valence-electron chi connectivity index (χ4n) is 5.59. The van der Waals surface area contributed by atoms with Crippen LogP contribution in [0.2, 0.25) is 0 Å². The van der Waals surface area contributed by atoms with Crippen molar-refractivity contribution in [1.29, 1.82) is 0 Å². The smallest absolute Gasteiger partial charge is 0.463 e. The summed E-state index contributed by atoms with van der Waals surface area (Å²) in [6.07, 6.45) is 42.3. The van der Waals surface area contributed by atoms with Gasteiger partial charge in [-0.3, -0.25) is 18.6 Å². The van der Waals surface area contributed by atoms with Crippen molar-refractivity contribution < 1.29 is 37.9 Å². The third-order valence-electron chi connectivity index (χ3n) is 8.77. The molecular weight excluding hydrogens is 677 g/mol. The topological polar surface area (TPSA) is 131 Å². The summed E-state index contributed by atoms with van der Waals surface area (Å²) in [6, 6.07) is 0. The Hall–Kier alpha value is -1.77. The van der Waals surface area contributed by atoms with E-state index in [0.29, 0.717) is 6.42 Å². The van der Waals surface area contributed by atoms with Crippen LogP contribution in [0.3, 0.4) is 0 Å². The average molecular weight is 756 g/mol. The second kappa shape index (κ2) is 38.9. The van der Waals surface area contributed by atoms with Crippen LogP contribution in [0.1, 0.15) is 187 Å². The van der Waals surface area contributed by atoms with Gasteiger partial charge in [0.15, 0.2) is 0 Å². The summed E-state index contributed by atoms with van der Waals surface area (Å²) in [5.41, 5.74) is 0. The number of ether oxygens (including phenoxy) is 1. The van der Waals surface area contributed by atoms with Gasteiger partial charge in [-0.05, 0) is 64.2 Å². The summed E-state index contributed by atoms with van der Waals surface area (Å²) in [4.78, 5) is 33.8. The lowest BCUT2D eigenvalue weighted by atomic mass is 10.0. The van der Waals surface area contributed by atoms with Crippen LogP contribution >= 0.6 is 7.82 Å². The summed E-state index contributed by atoms with van der Waals surface area (Å²) < 4.78 is 26.8. The third-order valence-corrected chi connectivity index (χ3v) is 9.76. The Bertz CT molecular complexity index is 954. The van der Waals surface area contributed by atoms with Crippen LogP contribution in [-0.4, -0.2) is 54.3 Å². The van der Waals surface area contributed by atoms with E-state index in [2.05, 4.69) is 55.6 Å². The zero-order valence-electron chi connectivity index (χ0n) is 33.3. The number of phosphoric acid groups is 1. The highest BCUT2D eigenvalue weighted by molar-refractivity contribution is 7.47. The molecular formula is C42H78NO8P. The molecule has 0 saturated heterocycles. The molecule has 10 heteroatoms. The Morgan fingerprint density at radius 2 is 1.08 bits per heavy atom. The summed E-state index contributed by atoms with van der Waals surface area (Å²) in [7, 11) is -4.41. The van der Waals surface area contributed by atoms with Crippen LogP contribution in [0.5, 0.6) is 0 Å². The van der Waals surface area contributed by atoms with Crippen molar-refractivity contribution in [2.24, 2.45) is 0 Å². The molecule has 52 heavy (non-hydrogen) atoms. The molecule has 304 valence electrons. The predicted octanol–water partition coefficient (Wildman–Crippen LogP) is 11.4. The second-order valence-corrected chi connectivity index (χ2v) is 15.4. The zero-order chi connectivity index (χ0) is 38.2. The predicted molar refractivity (Wildman–Crippen MR) is 215 cm³/mol. The van der Waals surface area contributed by atoms with E-state index in [9.17, 15) is 24.2 Å². The normalized spacial score (nSPS) is 13.7. The summed E-state index contributed by atoms with van der Waals surface area (Å²) >= 11 is 0. The number of aliphatic hydroxyl groups excluding tert-OH is 1. The van der Waals surface area contributed by atoms with Crippen molar-refractivity contribution >= 4 is 19.7 Å². The molecule has 1 amide bonds. The Balaban J connectivity index is 3.57. The van der Waals surface area contributed by atoms with Gasteiger partial charge in [0.25, 0.3) is 0 Å². The summed E-state index contributed by atoms with van der Waals surface area (Å²) in [5.74, 6) is -0.529. The lowest BCUT2D eigenvalue weighted by molar-refractivity contribution is -0.147. The minimum absolute atomic E-state index is 0.0798. The van der Waals surface area contributed by atoms with Crippen molar-refractivity contribution in [1.82, 2.24) is 5.32 Å². The van der Waals surface area contributed by atoms with E-state index in [4.69, 9.17) is 13.8 Å². The molecule has 3 N–H and O–H groups in total. The monoisotopic (exact) mass is 756 g/mol. The van der Waals surface area contributed by atoms with Gasteiger partial charge in [-0.25, -0.2) is 4.57 Å². The number of aliphatic hydroxyl groups is 1. The molecule has 0 radical (unpaired) electrons. The average Bonchev–Trinajstić information content (AvgIpc) is 3.13. The molecule has 0 aliphatic heterocycles. The third kappa shape index (κ3) is 39.4. The molecule has 0 aromatic rings. The highest BCUT2D eigenvalue weighted by atomic mass is 31.2. The van der Waals surface area contributed by atoms with E-state index >= 15 is 0 Å². The molecule has 0 rings (SSSR count). The van der Waals surface area contributed by atoms with Crippen LogP contribution < -0.4 is 5.32 Å². The highest BCUT2D eigenvalue weighted by Gasteiger charge is 2.23. The molecule has 0 bridgehead atoms. The number of rotatable bonds is 39. The molecule has 0 aromatic carbocycles. The molecule has 0 heterocycles. The van der Waals surface area contributed by atoms with Crippen LogP contribution in [0, 0.1) is 0 Å². The quantitative estimate of drug-likeness (QED) is 0.0244. The van der Waals surface area contributed by atoms with Crippen LogP contribution in [0.25, 0.3) is 0 Å². The van der Waals surface area contributed by atoms with Crippen molar-refractivity contribution in [3.8, 4) is 0 Å². The standard InChI is InChI=1S/C42H78NO8P/c1-3-5-7-9-11-13-15-16-17-18-19-20-21-22-23-24-25-26-28-30-32-34-41(45)43-36-37-50-52(47,48)51-39-40(44)38-49-42(46)35-33-31-29-27-14-12-10-8-6-4-2/h8,10-11,13,16-17,40,44H,3-7,9,12,14-15,18-39H2,1-2H3,(H,43,45)(H,47,48)/b10-8-,13-11-,17-16-. The van der Waals surface area contributed by atoms with Gasteiger partial charge in [-0.2, -0.15) is 0 Å². The van der Waals surface area contributed by atoms with Gasteiger partial charge in [0.2, 0.25) is 5.91 Å². The fourth-order valence-corrected chi connectivity index (χ4v) is 6.35. The number of amides is 1. The number of esters is 1. The van der Waals surface area contributed by atoms with Gasteiger partial charge in [0.05, 0.1) is 13.2 Å². The second-order valence-electron chi connectivity index (χ2n) is 14.0. The number of carbonyl (C=O) groups excluding carboxylic acids is 2. The fraction of sp³-hybridized carbons (Fsp3) is 0.810. The van der Waals surface area contributed by atoms with E-state index in [0.717, 1.165) is 70.6 Å². The SMILES string of the molecule is CCC/C=C\CCCCCCCC(=O)OCC(O)COP(=O)(O)OCCNC(=O)CCCCCCCCCCCCC/C=C\C/C=C\CCCCC. The summed E-state index contributed by atoms with van der Waals surface area (Å²) in [6.45, 7) is 3.45. The van der Waals surface area contributed by atoms with Crippen molar-refractivity contribution in [2.45, 2.75) is 193 Å². The molecule has 2 atom stereocenters. The number of hydrogen-bond donors (Lipinski definition) is 3. The Morgan fingerprint density at radius 3 is 1.63 bits per heavy atom. The molecule has 2 unspecified atom stereocenters. The van der Waals surface area contributed by atoms with E-state index in [-0.39, 0.29) is 32.1 Å². The molecule has 9 nitrogen and oxygen atoms in total. The first-order chi connectivity index (χ1) is 25.3. The summed E-state index contributed by atoms with van der Waals surface area (Å²) in [5, 5.41) is 12.6. The van der Waals surface area contributed by atoms with Crippen molar-refractivity contribution in [2.75, 3.05) is 26.4 Å². The van der Waals surface area contributed by atoms with Gasteiger partial charge in [0, 0.05) is 19.4 Å². The highest BCUT2D eigenvalue weighted by Crippen LogP contribution is 2.42. The van der Waals surface area contributed by atoms with Crippen molar-refractivity contribution in [3.63, 3.8) is 0 Å². The van der Waals surface area contributed by atoms with E-state index in [1.165, 1.54) is 89.9 Å². The molecule has 0 spiro atoms. The van der Waals surface area contributed by atoms with Gasteiger partial charge >= 0.3 is 13.8 Å². The minimum Gasteiger partial charge on any atom is -0.463 e. The molecule has 0 aliphatic rings. The van der Waals surface area contributed by atoms with Crippen molar-refractivity contribution in [3.05, 3.63) is 36.5 Å². The van der Waals surface area contributed by atoms with Gasteiger partial charge in [-0.15, -0.1) is 0 Å². The van der Waals surface area contributed by atoms with Gasteiger partial charge in [-0.1, -0.05) is 147 Å². The van der Waals surface area contributed by atoms with Gasteiger partial charge in [0.1, 0.15) is 12.7 Å². The van der Waals surface area contributed by atoms with Gasteiger partial charge < -0.3 is 20.1 Å². The maximum absolute atomic E-state index is 12.1. The lowest BCUT2D eigenvalue weighted by Gasteiger charge is -2.15. The first-order valence-corrected chi connectivity index (χ1v) is 22.5. The number of allylic oxidation sites excluding steroid dienone is 6. The number of carbonyl (C=O) groups is 2. The number of phosphoric ester groups is 1. The first kappa shape index (κ1) is 50.2. The first-order valence-electron chi connectivity index (χ1n) is 21.0. The van der Waals surface area contributed by atoms with Crippen LogP contribution in [0.15, 0.2) is 36.5 Å². The van der Waals surface area contributed by atoms with E-state index < -0.39 is 26.5 Å². The largest absolute Gasteiger partial charge is 0.472 e. The Kier molecular flexibility index (Phi) is 37.6. The molecule has 0 saturated carbocycles. The van der Waals surface area contributed by atoms with Crippen LogP contribution in [-0.2, 0) is 27.9 Å². The minimum atomic E-state index is -4.41. The molecule has 0 aliphatic carbocycles. The number of unbranched alkanes of at least 4 members (excludes halogenated alkanes) is 20. The van der Waals surface area contributed by atoms with Crippen LogP contribution in [0.4, 0.5) is 0 Å². The number of hydrogen-bond acceptors (Lipinski definition) is 7. The maximum Gasteiger partial charge on any atom is 0.472 e. The van der Waals surface area contributed by atoms with E-state index in [1.54, 1.807) is 0 Å². The Morgan fingerprint density at radius 1 is 0.596 bits per heavy atom. The lowest BCUT2D eigenvalue weighted by Crippen LogP contribution is -2.27. The number of nitrogens with one attached hydrogen (secondary N) is 1. The Labute approximate surface area is 318 Å². The maximum atomic E-state index is 12.1. The molecule has 0 fully saturated rings. The zero-order valence-corrected chi connectivity index (χ0v) is 34.1. The van der Waals surface area contributed by atoms with E-state index in [1.807, 2.05) is 0 Å². The molecule has 0 aromatic heterocycles.